The average molecular weight is 216 g/mol. The lowest BCUT2D eigenvalue weighted by Gasteiger charge is -2.21. The van der Waals surface area contributed by atoms with Crippen molar-refractivity contribution in [1.82, 2.24) is 0 Å². The number of carbonyl (C=O) groups excluding carboxylic acids is 2. The first kappa shape index (κ1) is 11.1. The molecule has 0 radical (unpaired) electrons. The van der Waals surface area contributed by atoms with Gasteiger partial charge in [0.1, 0.15) is 5.78 Å². The zero-order valence-electron chi connectivity index (χ0n) is 9.53. The van der Waals surface area contributed by atoms with Gasteiger partial charge in [0.25, 0.3) is 0 Å². The van der Waals surface area contributed by atoms with E-state index in [1.54, 1.807) is 6.92 Å². The van der Waals surface area contributed by atoms with Gasteiger partial charge in [-0.05, 0) is 31.2 Å². The number of hydrogen-bond donors (Lipinski definition) is 0. The van der Waals surface area contributed by atoms with Gasteiger partial charge in [0.2, 0.25) is 0 Å². The van der Waals surface area contributed by atoms with E-state index < -0.39 is 0 Å². The molecule has 0 amide bonds. The molecule has 0 N–H and O–H groups in total. The summed E-state index contributed by atoms with van der Waals surface area (Å²) < 4.78 is 0. The molecule has 1 aliphatic carbocycles. The fraction of sp³-hybridized carbons (Fsp3) is 0.429. The summed E-state index contributed by atoms with van der Waals surface area (Å²) >= 11 is 0. The molecule has 0 heterocycles. The van der Waals surface area contributed by atoms with Crippen molar-refractivity contribution in [3.8, 4) is 0 Å². The Kier molecular flexibility index (Phi) is 3.18. The molecule has 0 aromatic heterocycles. The number of benzene rings is 1. The molecule has 84 valence electrons. The maximum Gasteiger partial charge on any atom is 0.159 e. The summed E-state index contributed by atoms with van der Waals surface area (Å²) in [5.74, 6) is 0.820. The minimum absolute atomic E-state index is 0.0891. The van der Waals surface area contributed by atoms with E-state index in [0.717, 1.165) is 24.8 Å². The molecule has 1 aromatic rings. The van der Waals surface area contributed by atoms with E-state index in [-0.39, 0.29) is 5.78 Å². The van der Waals surface area contributed by atoms with Crippen molar-refractivity contribution < 1.29 is 9.59 Å². The molecule has 1 saturated carbocycles. The molecule has 1 aromatic carbocycles. The number of carbonyl (C=O) groups is 2. The second kappa shape index (κ2) is 4.60. The molecule has 1 unspecified atom stereocenters. The van der Waals surface area contributed by atoms with Gasteiger partial charge < -0.3 is 0 Å². The van der Waals surface area contributed by atoms with Crippen LogP contribution in [0.25, 0.3) is 0 Å². The summed E-state index contributed by atoms with van der Waals surface area (Å²) in [6.45, 7) is 1.57. The third kappa shape index (κ3) is 2.38. The average Bonchev–Trinajstić information content (AvgIpc) is 2.29. The Labute approximate surface area is 95.7 Å². The van der Waals surface area contributed by atoms with E-state index >= 15 is 0 Å². The van der Waals surface area contributed by atoms with Crippen LogP contribution in [0.15, 0.2) is 24.3 Å². The van der Waals surface area contributed by atoms with Gasteiger partial charge in [-0.2, -0.15) is 0 Å². The highest BCUT2D eigenvalue weighted by Gasteiger charge is 2.20. The van der Waals surface area contributed by atoms with E-state index in [1.165, 1.54) is 5.56 Å². The van der Waals surface area contributed by atoms with Crippen molar-refractivity contribution in [1.29, 1.82) is 0 Å². The van der Waals surface area contributed by atoms with E-state index in [1.807, 2.05) is 24.3 Å². The van der Waals surface area contributed by atoms with E-state index in [4.69, 9.17) is 0 Å². The van der Waals surface area contributed by atoms with E-state index in [9.17, 15) is 9.59 Å². The quantitative estimate of drug-likeness (QED) is 0.712. The number of Topliss-reactive ketones (excluding diaryl/α,β-unsaturated/α-hetero) is 2. The molecule has 16 heavy (non-hydrogen) atoms. The summed E-state index contributed by atoms with van der Waals surface area (Å²) in [6, 6.07) is 7.69. The Morgan fingerprint density at radius 1 is 1.25 bits per heavy atom. The first-order valence-electron chi connectivity index (χ1n) is 5.79. The van der Waals surface area contributed by atoms with Crippen LogP contribution in [0, 0.1) is 0 Å². The molecule has 0 aliphatic heterocycles. The van der Waals surface area contributed by atoms with Crippen LogP contribution in [0.2, 0.25) is 0 Å². The van der Waals surface area contributed by atoms with Crippen molar-refractivity contribution in [3.05, 3.63) is 35.4 Å². The van der Waals surface area contributed by atoms with Gasteiger partial charge in [0.15, 0.2) is 5.78 Å². The molecule has 0 spiro atoms. The van der Waals surface area contributed by atoms with Crippen molar-refractivity contribution in [3.63, 3.8) is 0 Å². The van der Waals surface area contributed by atoms with Gasteiger partial charge in [-0.1, -0.05) is 24.3 Å². The van der Waals surface area contributed by atoms with Gasteiger partial charge >= 0.3 is 0 Å². The SMILES string of the molecule is CC(=O)c1ccc(C2CCCC(=O)C2)cc1. The van der Waals surface area contributed by atoms with Gasteiger partial charge in [0, 0.05) is 18.4 Å². The van der Waals surface area contributed by atoms with Crippen LogP contribution in [-0.2, 0) is 4.79 Å². The first-order valence-corrected chi connectivity index (χ1v) is 5.79. The second-order valence-electron chi connectivity index (χ2n) is 4.51. The maximum atomic E-state index is 11.4. The smallest absolute Gasteiger partial charge is 0.159 e. The van der Waals surface area contributed by atoms with E-state index in [2.05, 4.69) is 0 Å². The lowest BCUT2D eigenvalue weighted by Crippen LogP contribution is -2.13. The maximum absolute atomic E-state index is 11.4. The molecule has 1 atom stereocenters. The van der Waals surface area contributed by atoms with Crippen LogP contribution in [0.4, 0.5) is 0 Å². The monoisotopic (exact) mass is 216 g/mol. The van der Waals surface area contributed by atoms with Crippen molar-refractivity contribution in [2.45, 2.75) is 38.5 Å². The van der Waals surface area contributed by atoms with Crippen LogP contribution < -0.4 is 0 Å². The second-order valence-corrected chi connectivity index (χ2v) is 4.51. The molecule has 1 aliphatic rings. The highest BCUT2D eigenvalue weighted by molar-refractivity contribution is 5.94. The molecular formula is C14H16O2. The Morgan fingerprint density at radius 2 is 1.94 bits per heavy atom. The van der Waals surface area contributed by atoms with Crippen LogP contribution in [0.5, 0.6) is 0 Å². The molecule has 0 bridgehead atoms. The molecule has 2 nitrogen and oxygen atoms in total. The predicted molar refractivity (Wildman–Crippen MR) is 62.7 cm³/mol. The lowest BCUT2D eigenvalue weighted by atomic mass is 9.83. The Hall–Kier alpha value is -1.44. The third-order valence-electron chi connectivity index (χ3n) is 3.27. The first-order chi connectivity index (χ1) is 7.66. The van der Waals surface area contributed by atoms with Gasteiger partial charge in [-0.3, -0.25) is 9.59 Å². The summed E-state index contributed by atoms with van der Waals surface area (Å²) in [5.41, 5.74) is 1.93. The van der Waals surface area contributed by atoms with Crippen molar-refractivity contribution >= 4 is 11.6 Å². The number of rotatable bonds is 2. The van der Waals surface area contributed by atoms with Gasteiger partial charge in [-0.15, -0.1) is 0 Å². The Balaban J connectivity index is 2.14. The third-order valence-corrected chi connectivity index (χ3v) is 3.27. The van der Waals surface area contributed by atoms with E-state index in [0.29, 0.717) is 18.1 Å². The molecule has 0 saturated heterocycles. The predicted octanol–water partition coefficient (Wildman–Crippen LogP) is 3.12. The lowest BCUT2D eigenvalue weighted by molar-refractivity contribution is -0.120. The van der Waals surface area contributed by atoms with Crippen LogP contribution in [0.3, 0.4) is 0 Å². The fourth-order valence-electron chi connectivity index (χ4n) is 2.30. The molecule has 2 rings (SSSR count). The van der Waals surface area contributed by atoms with Crippen LogP contribution in [0.1, 0.15) is 54.4 Å². The zero-order valence-corrected chi connectivity index (χ0v) is 9.53. The molecule has 1 fully saturated rings. The Bertz CT molecular complexity index is 403. The van der Waals surface area contributed by atoms with Crippen LogP contribution in [-0.4, -0.2) is 11.6 Å². The van der Waals surface area contributed by atoms with Crippen LogP contribution >= 0.6 is 0 Å². The van der Waals surface area contributed by atoms with Gasteiger partial charge in [-0.25, -0.2) is 0 Å². The summed E-state index contributed by atoms with van der Waals surface area (Å²) in [5, 5.41) is 0. The van der Waals surface area contributed by atoms with Gasteiger partial charge in [0.05, 0.1) is 0 Å². The largest absolute Gasteiger partial charge is 0.300 e. The van der Waals surface area contributed by atoms with Crippen molar-refractivity contribution in [2.75, 3.05) is 0 Å². The summed E-state index contributed by atoms with van der Waals surface area (Å²) in [4.78, 5) is 22.5. The molecule has 2 heteroatoms. The number of ketones is 2. The Morgan fingerprint density at radius 3 is 2.50 bits per heavy atom. The highest BCUT2D eigenvalue weighted by atomic mass is 16.1. The summed E-state index contributed by atoms with van der Waals surface area (Å²) in [6.07, 6.45) is 3.49. The highest BCUT2D eigenvalue weighted by Crippen LogP contribution is 2.30. The normalized spacial score (nSPS) is 20.8. The summed E-state index contributed by atoms with van der Waals surface area (Å²) in [7, 11) is 0. The molecular weight excluding hydrogens is 200 g/mol. The zero-order chi connectivity index (χ0) is 11.5. The fourth-order valence-corrected chi connectivity index (χ4v) is 2.30. The minimum atomic E-state index is 0.0891. The minimum Gasteiger partial charge on any atom is -0.300 e. The number of hydrogen-bond acceptors (Lipinski definition) is 2. The van der Waals surface area contributed by atoms with Crippen molar-refractivity contribution in [2.24, 2.45) is 0 Å². The topological polar surface area (TPSA) is 34.1 Å². The standard InChI is InChI=1S/C14H16O2/c1-10(15)11-5-7-12(8-6-11)13-3-2-4-14(16)9-13/h5-8,13H,2-4,9H2,1H3.